The molecule has 1 aromatic heterocycles. The Morgan fingerprint density at radius 1 is 1.21 bits per heavy atom. The van der Waals surface area contributed by atoms with Gasteiger partial charge in [0.25, 0.3) is 0 Å². The van der Waals surface area contributed by atoms with Gasteiger partial charge in [0.05, 0.1) is 23.6 Å². The number of ether oxygens (including phenoxy) is 2. The molecule has 1 atom stereocenters. The number of carbonyl (C=O) groups excluding carboxylic acids is 2. The maximum Gasteiger partial charge on any atom is 0.411 e. The van der Waals surface area contributed by atoms with Gasteiger partial charge < -0.3 is 18.9 Å². The minimum absolute atomic E-state index is 0.265. The normalized spacial score (nSPS) is 17.7. The monoisotopic (exact) mass is 405 g/mol. The molecule has 2 heterocycles. The van der Waals surface area contributed by atoms with Crippen LogP contribution in [0.2, 0.25) is 0 Å². The van der Waals surface area contributed by atoms with Crippen molar-refractivity contribution in [1.29, 1.82) is 0 Å². The van der Waals surface area contributed by atoms with Crippen LogP contribution in [-0.2, 0) is 16.5 Å². The number of aryl methyl sites for hydroxylation is 1. The zero-order valence-corrected chi connectivity index (χ0v) is 17.8. The summed E-state index contributed by atoms with van der Waals surface area (Å²) < 4.78 is 12.3. The number of piperazine rings is 1. The number of esters is 1. The first-order valence-corrected chi connectivity index (χ1v) is 9.72. The topological polar surface area (TPSA) is 64.0 Å². The SMILES string of the molecule is COC(=O)c1cn(C)c2cc(N3CCN(C(=O)OC(C)(C)C)[C@@H](S)C3)ccc12. The zero-order valence-electron chi connectivity index (χ0n) is 16.9. The van der Waals surface area contributed by atoms with Gasteiger partial charge in [-0.05, 0) is 39.0 Å². The van der Waals surface area contributed by atoms with E-state index in [4.69, 9.17) is 9.47 Å². The lowest BCUT2D eigenvalue weighted by Gasteiger charge is -2.40. The smallest absolute Gasteiger partial charge is 0.411 e. The lowest BCUT2D eigenvalue weighted by Crippen LogP contribution is -2.54. The number of carbonyl (C=O) groups is 2. The number of rotatable bonds is 2. The van der Waals surface area contributed by atoms with Crippen molar-refractivity contribution < 1.29 is 19.1 Å². The summed E-state index contributed by atoms with van der Waals surface area (Å²) in [6, 6.07) is 5.97. The fourth-order valence-electron chi connectivity index (χ4n) is 3.37. The summed E-state index contributed by atoms with van der Waals surface area (Å²) in [6.07, 6.45) is 1.44. The summed E-state index contributed by atoms with van der Waals surface area (Å²) in [5.41, 5.74) is 1.99. The first kappa shape index (κ1) is 20.4. The largest absolute Gasteiger partial charge is 0.465 e. The molecule has 3 rings (SSSR count). The van der Waals surface area contributed by atoms with Crippen LogP contribution in [0.1, 0.15) is 31.1 Å². The van der Waals surface area contributed by atoms with Gasteiger partial charge in [-0.2, -0.15) is 12.6 Å². The van der Waals surface area contributed by atoms with Crippen LogP contribution in [0.3, 0.4) is 0 Å². The average Bonchev–Trinajstić information content (AvgIpc) is 2.95. The van der Waals surface area contributed by atoms with Crippen LogP contribution in [-0.4, -0.2) is 59.2 Å². The Labute approximate surface area is 170 Å². The first-order valence-electron chi connectivity index (χ1n) is 9.21. The van der Waals surface area contributed by atoms with Gasteiger partial charge in [-0.25, -0.2) is 9.59 Å². The van der Waals surface area contributed by atoms with Gasteiger partial charge in [0.1, 0.15) is 5.60 Å². The Morgan fingerprint density at radius 3 is 2.54 bits per heavy atom. The fourth-order valence-corrected chi connectivity index (χ4v) is 3.78. The quantitative estimate of drug-likeness (QED) is 0.614. The van der Waals surface area contributed by atoms with Crippen molar-refractivity contribution in [2.45, 2.75) is 31.7 Å². The number of hydrogen-bond acceptors (Lipinski definition) is 6. The molecule has 8 heteroatoms. The summed E-state index contributed by atoms with van der Waals surface area (Å²) in [4.78, 5) is 28.2. The number of thiol groups is 1. The number of fused-ring (bicyclic) bond motifs is 1. The fraction of sp³-hybridized carbons (Fsp3) is 0.500. The Kier molecular flexibility index (Phi) is 5.52. The lowest BCUT2D eigenvalue weighted by molar-refractivity contribution is 0.0216. The van der Waals surface area contributed by atoms with E-state index in [-0.39, 0.29) is 17.4 Å². The van der Waals surface area contributed by atoms with Crippen molar-refractivity contribution in [2.75, 3.05) is 31.6 Å². The van der Waals surface area contributed by atoms with E-state index < -0.39 is 5.60 Å². The second-order valence-electron chi connectivity index (χ2n) is 7.95. The molecule has 152 valence electrons. The molecule has 0 radical (unpaired) electrons. The van der Waals surface area contributed by atoms with Crippen molar-refractivity contribution >= 4 is 41.3 Å². The van der Waals surface area contributed by atoms with E-state index in [0.29, 0.717) is 25.2 Å². The molecule has 1 aliphatic rings. The second-order valence-corrected chi connectivity index (χ2v) is 8.54. The zero-order chi connectivity index (χ0) is 20.6. The molecule has 0 bridgehead atoms. The van der Waals surface area contributed by atoms with Crippen LogP contribution in [0.5, 0.6) is 0 Å². The van der Waals surface area contributed by atoms with Crippen molar-refractivity contribution in [3.05, 3.63) is 30.0 Å². The van der Waals surface area contributed by atoms with Crippen LogP contribution >= 0.6 is 12.6 Å². The second kappa shape index (κ2) is 7.58. The first-order chi connectivity index (χ1) is 13.1. The Morgan fingerprint density at radius 2 is 1.93 bits per heavy atom. The molecule has 0 unspecified atom stereocenters. The highest BCUT2D eigenvalue weighted by Crippen LogP contribution is 2.29. The summed E-state index contributed by atoms with van der Waals surface area (Å²) in [7, 11) is 3.28. The van der Waals surface area contributed by atoms with E-state index in [0.717, 1.165) is 16.6 Å². The third-order valence-electron chi connectivity index (χ3n) is 4.73. The number of amides is 1. The van der Waals surface area contributed by atoms with E-state index >= 15 is 0 Å². The van der Waals surface area contributed by atoms with E-state index in [1.54, 1.807) is 11.1 Å². The number of anilines is 1. The van der Waals surface area contributed by atoms with E-state index in [2.05, 4.69) is 17.5 Å². The highest BCUT2D eigenvalue weighted by molar-refractivity contribution is 7.80. The summed E-state index contributed by atoms with van der Waals surface area (Å²) in [5.74, 6) is -0.347. The van der Waals surface area contributed by atoms with Crippen LogP contribution in [0.15, 0.2) is 24.4 Å². The van der Waals surface area contributed by atoms with Crippen LogP contribution in [0.25, 0.3) is 10.9 Å². The molecule has 0 saturated carbocycles. The maximum atomic E-state index is 12.4. The average molecular weight is 406 g/mol. The van der Waals surface area contributed by atoms with E-state index in [1.807, 2.05) is 50.6 Å². The third kappa shape index (κ3) is 4.06. The molecular formula is C20H27N3O4S. The molecule has 1 fully saturated rings. The highest BCUT2D eigenvalue weighted by Gasteiger charge is 2.31. The Bertz CT molecular complexity index is 903. The molecule has 1 aliphatic heterocycles. The molecule has 2 aromatic rings. The molecular weight excluding hydrogens is 378 g/mol. The van der Waals surface area contributed by atoms with Gasteiger partial charge in [0.2, 0.25) is 0 Å². The van der Waals surface area contributed by atoms with E-state index in [1.165, 1.54) is 7.11 Å². The number of aromatic nitrogens is 1. The maximum absolute atomic E-state index is 12.4. The molecule has 1 saturated heterocycles. The lowest BCUT2D eigenvalue weighted by atomic mass is 10.1. The molecule has 28 heavy (non-hydrogen) atoms. The number of benzene rings is 1. The third-order valence-corrected chi connectivity index (χ3v) is 5.17. The van der Waals surface area contributed by atoms with Gasteiger partial charge in [-0.1, -0.05) is 0 Å². The van der Waals surface area contributed by atoms with Crippen LogP contribution in [0.4, 0.5) is 10.5 Å². The summed E-state index contributed by atoms with van der Waals surface area (Å²) >= 11 is 4.61. The number of methoxy groups -OCH3 is 1. The predicted molar refractivity (Wildman–Crippen MR) is 112 cm³/mol. The summed E-state index contributed by atoms with van der Waals surface area (Å²) in [5, 5.41) is 0.589. The molecule has 1 aromatic carbocycles. The minimum Gasteiger partial charge on any atom is -0.465 e. The molecule has 0 N–H and O–H groups in total. The highest BCUT2D eigenvalue weighted by atomic mass is 32.1. The van der Waals surface area contributed by atoms with Gasteiger partial charge in [-0.15, -0.1) is 0 Å². The van der Waals surface area contributed by atoms with Crippen molar-refractivity contribution in [2.24, 2.45) is 7.05 Å². The number of nitrogens with zero attached hydrogens (tertiary/aromatic N) is 3. The molecule has 0 spiro atoms. The Hall–Kier alpha value is -2.35. The minimum atomic E-state index is -0.531. The molecule has 0 aliphatic carbocycles. The standard InChI is InChI=1S/C20H27N3O4S/c1-20(2,3)27-19(25)23-9-8-22(12-17(23)28)13-6-7-14-15(18(24)26-5)11-21(4)16(14)10-13/h6-7,10-11,17,28H,8-9,12H2,1-5H3/t17-/m0/s1. The van der Waals surface area contributed by atoms with Crippen molar-refractivity contribution in [1.82, 2.24) is 9.47 Å². The van der Waals surface area contributed by atoms with Crippen LogP contribution < -0.4 is 4.90 Å². The van der Waals surface area contributed by atoms with Gasteiger partial charge in [0, 0.05) is 44.0 Å². The molecule has 7 nitrogen and oxygen atoms in total. The number of hydrogen-bond donors (Lipinski definition) is 1. The van der Waals surface area contributed by atoms with Gasteiger partial charge in [0.15, 0.2) is 0 Å². The van der Waals surface area contributed by atoms with Crippen molar-refractivity contribution in [3.8, 4) is 0 Å². The van der Waals surface area contributed by atoms with Crippen molar-refractivity contribution in [3.63, 3.8) is 0 Å². The summed E-state index contributed by atoms with van der Waals surface area (Å²) in [6.45, 7) is 7.35. The molecule has 1 amide bonds. The van der Waals surface area contributed by atoms with Gasteiger partial charge in [-0.3, -0.25) is 4.90 Å². The van der Waals surface area contributed by atoms with Crippen LogP contribution in [0, 0.1) is 0 Å². The van der Waals surface area contributed by atoms with E-state index in [9.17, 15) is 9.59 Å². The predicted octanol–water partition coefficient (Wildman–Crippen LogP) is 3.28. The Balaban J connectivity index is 1.78. The van der Waals surface area contributed by atoms with Gasteiger partial charge >= 0.3 is 12.1 Å².